The largest absolute Gasteiger partial charge is 0.394 e. The van der Waals surface area contributed by atoms with E-state index in [2.05, 4.69) is 13.8 Å². The second-order valence-corrected chi connectivity index (χ2v) is 9.70. The molecule has 0 atom stereocenters. The van der Waals surface area contributed by atoms with E-state index >= 15 is 0 Å². The molecule has 0 radical (unpaired) electrons. The Kier molecular flexibility index (Phi) is 9.48. The Morgan fingerprint density at radius 3 is 1.81 bits per heavy atom. The zero-order valence-electron chi connectivity index (χ0n) is 17.9. The monoisotopic (exact) mass is 388 g/mol. The van der Waals surface area contributed by atoms with Crippen molar-refractivity contribution in [2.75, 3.05) is 0 Å². The first-order valence-electron chi connectivity index (χ1n) is 12.0. The number of rotatable bonds is 10. The van der Waals surface area contributed by atoms with Gasteiger partial charge in [0.25, 0.3) is 0 Å². The molecule has 27 heavy (non-hydrogen) atoms. The maximum Gasteiger partial charge on any atom is 0.394 e. The van der Waals surface area contributed by atoms with Crippen molar-refractivity contribution >= 4 is 0 Å². The lowest BCUT2D eigenvalue weighted by Crippen LogP contribution is -2.42. The number of hydrogen-bond donors (Lipinski definition) is 0. The normalized spacial score (nSPS) is 32.6. The van der Waals surface area contributed by atoms with Gasteiger partial charge in [0.2, 0.25) is 0 Å². The summed E-state index contributed by atoms with van der Waals surface area (Å²) in [5, 5.41) is 0. The van der Waals surface area contributed by atoms with E-state index in [1.54, 1.807) is 0 Å². The molecule has 0 heterocycles. The Hall–Kier alpha value is -0.210. The van der Waals surface area contributed by atoms with Gasteiger partial charge in [0, 0.05) is 0 Å². The molecule has 3 heteroatoms. The zero-order valence-corrected chi connectivity index (χ0v) is 17.9. The highest BCUT2D eigenvalue weighted by Gasteiger charge is 2.55. The molecule has 0 aromatic carbocycles. The van der Waals surface area contributed by atoms with Crippen LogP contribution in [0.4, 0.5) is 13.2 Å². The van der Waals surface area contributed by atoms with E-state index in [0.717, 1.165) is 50.9 Å². The van der Waals surface area contributed by atoms with Gasteiger partial charge in [0.05, 0.1) is 5.41 Å². The van der Waals surface area contributed by atoms with Gasteiger partial charge in [-0.1, -0.05) is 78.1 Å². The van der Waals surface area contributed by atoms with Crippen molar-refractivity contribution in [1.82, 2.24) is 0 Å². The fourth-order valence-electron chi connectivity index (χ4n) is 5.85. The zero-order chi connectivity index (χ0) is 19.8. The molecule has 2 rings (SSSR count). The average Bonchev–Trinajstić information content (AvgIpc) is 2.66. The van der Waals surface area contributed by atoms with Crippen LogP contribution in [0, 0.1) is 23.2 Å². The van der Waals surface area contributed by atoms with Crippen molar-refractivity contribution in [2.24, 2.45) is 23.2 Å². The average molecular weight is 389 g/mol. The Morgan fingerprint density at radius 2 is 1.26 bits per heavy atom. The first-order valence-corrected chi connectivity index (χ1v) is 12.0. The summed E-state index contributed by atoms with van der Waals surface area (Å²) in [7, 11) is 0. The Morgan fingerprint density at radius 1 is 0.704 bits per heavy atom. The minimum atomic E-state index is -4.01. The molecule has 0 amide bonds. The molecular weight excluding hydrogens is 345 g/mol. The summed E-state index contributed by atoms with van der Waals surface area (Å²) >= 11 is 0. The van der Waals surface area contributed by atoms with Crippen LogP contribution >= 0.6 is 0 Å². The fraction of sp³-hybridized carbons (Fsp3) is 1.00. The molecule has 2 aliphatic carbocycles. The standard InChI is InChI=1S/C24H43F3/c1-3-5-7-8-9-17-23(24(25,26)27)18-15-22(16-19-23)21-13-11-20(12-14-21)10-6-4-2/h20-22H,3-19H2,1-2H3. The van der Waals surface area contributed by atoms with Gasteiger partial charge < -0.3 is 0 Å². The SMILES string of the molecule is CCCCCCCC1(C(F)(F)F)CCC(C2CCC(CCCC)CC2)CC1. The van der Waals surface area contributed by atoms with Gasteiger partial charge in [-0.3, -0.25) is 0 Å². The van der Waals surface area contributed by atoms with Crippen LogP contribution in [-0.2, 0) is 0 Å². The summed E-state index contributed by atoms with van der Waals surface area (Å²) in [6.07, 6.45) is 13.1. The van der Waals surface area contributed by atoms with Gasteiger partial charge in [-0.25, -0.2) is 0 Å². The second kappa shape index (κ2) is 11.1. The summed E-state index contributed by atoms with van der Waals surface area (Å²) in [4.78, 5) is 0. The Bertz CT molecular complexity index is 385. The van der Waals surface area contributed by atoms with Crippen LogP contribution < -0.4 is 0 Å². The van der Waals surface area contributed by atoms with E-state index in [4.69, 9.17) is 0 Å². The van der Waals surface area contributed by atoms with Crippen LogP contribution in [0.3, 0.4) is 0 Å². The highest BCUT2D eigenvalue weighted by Crippen LogP contribution is 2.55. The Balaban J connectivity index is 1.80. The van der Waals surface area contributed by atoms with E-state index in [9.17, 15) is 13.2 Å². The molecule has 0 aromatic rings. The molecular formula is C24H43F3. The third kappa shape index (κ3) is 6.67. The summed E-state index contributed by atoms with van der Waals surface area (Å²) < 4.78 is 41.7. The molecule has 0 spiro atoms. The van der Waals surface area contributed by atoms with Crippen molar-refractivity contribution in [1.29, 1.82) is 0 Å². The van der Waals surface area contributed by atoms with Crippen LogP contribution in [0.2, 0.25) is 0 Å². The van der Waals surface area contributed by atoms with Crippen molar-refractivity contribution in [2.45, 2.75) is 129 Å². The molecule has 2 saturated carbocycles. The van der Waals surface area contributed by atoms with Gasteiger partial charge in [-0.05, 0) is 62.7 Å². The highest BCUT2D eigenvalue weighted by atomic mass is 19.4. The molecule has 0 nitrogen and oxygen atoms in total. The third-order valence-corrected chi connectivity index (χ3v) is 7.87. The van der Waals surface area contributed by atoms with Crippen LogP contribution in [0.25, 0.3) is 0 Å². The highest BCUT2D eigenvalue weighted by molar-refractivity contribution is 4.93. The number of hydrogen-bond acceptors (Lipinski definition) is 0. The molecule has 160 valence electrons. The maximum atomic E-state index is 13.9. The van der Waals surface area contributed by atoms with E-state index in [-0.39, 0.29) is 0 Å². The number of unbranched alkanes of at least 4 members (excludes halogenated alkanes) is 5. The summed E-state index contributed by atoms with van der Waals surface area (Å²) in [6.45, 7) is 4.40. The maximum absolute atomic E-state index is 13.9. The van der Waals surface area contributed by atoms with Crippen molar-refractivity contribution in [3.05, 3.63) is 0 Å². The predicted octanol–water partition coefficient (Wildman–Crippen LogP) is 9.08. The fourth-order valence-corrected chi connectivity index (χ4v) is 5.85. The Labute approximate surface area is 166 Å². The molecule has 0 aliphatic heterocycles. The minimum Gasteiger partial charge on any atom is -0.171 e. The van der Waals surface area contributed by atoms with Crippen LogP contribution in [0.1, 0.15) is 123 Å². The minimum absolute atomic E-state index is 0.372. The van der Waals surface area contributed by atoms with Crippen LogP contribution in [-0.4, -0.2) is 6.18 Å². The van der Waals surface area contributed by atoms with E-state index < -0.39 is 11.6 Å². The summed E-state index contributed by atoms with van der Waals surface area (Å²) in [5.41, 5.74) is -1.37. The van der Waals surface area contributed by atoms with E-state index in [1.165, 1.54) is 44.9 Å². The van der Waals surface area contributed by atoms with Gasteiger partial charge >= 0.3 is 6.18 Å². The number of halogens is 3. The van der Waals surface area contributed by atoms with Crippen LogP contribution in [0.15, 0.2) is 0 Å². The van der Waals surface area contributed by atoms with Crippen molar-refractivity contribution in [3.63, 3.8) is 0 Å². The lowest BCUT2D eigenvalue weighted by atomic mass is 9.62. The van der Waals surface area contributed by atoms with Crippen molar-refractivity contribution in [3.8, 4) is 0 Å². The summed E-state index contributed by atoms with van der Waals surface area (Å²) in [5.74, 6) is 2.16. The third-order valence-electron chi connectivity index (χ3n) is 7.87. The molecule has 0 unspecified atom stereocenters. The first kappa shape index (κ1) is 23.1. The molecule has 2 aliphatic rings. The lowest BCUT2D eigenvalue weighted by molar-refractivity contribution is -0.241. The topological polar surface area (TPSA) is 0 Å². The van der Waals surface area contributed by atoms with Gasteiger partial charge in [-0.15, -0.1) is 0 Å². The van der Waals surface area contributed by atoms with Crippen molar-refractivity contribution < 1.29 is 13.2 Å². The smallest absolute Gasteiger partial charge is 0.171 e. The lowest BCUT2D eigenvalue weighted by Gasteiger charge is -2.44. The second-order valence-electron chi connectivity index (χ2n) is 9.70. The van der Waals surface area contributed by atoms with Crippen LogP contribution in [0.5, 0.6) is 0 Å². The number of alkyl halides is 3. The molecule has 0 saturated heterocycles. The van der Waals surface area contributed by atoms with Gasteiger partial charge in [-0.2, -0.15) is 13.2 Å². The first-order chi connectivity index (χ1) is 12.9. The summed E-state index contributed by atoms with van der Waals surface area (Å²) in [6, 6.07) is 0. The van der Waals surface area contributed by atoms with E-state index in [0.29, 0.717) is 31.1 Å². The van der Waals surface area contributed by atoms with E-state index in [1.807, 2.05) is 0 Å². The molecule has 0 bridgehead atoms. The predicted molar refractivity (Wildman–Crippen MR) is 109 cm³/mol. The molecule has 0 N–H and O–H groups in total. The molecule has 2 fully saturated rings. The van der Waals surface area contributed by atoms with Gasteiger partial charge in [0.15, 0.2) is 0 Å². The molecule has 0 aromatic heterocycles. The quantitative estimate of drug-likeness (QED) is 0.327. The van der Waals surface area contributed by atoms with Gasteiger partial charge in [0.1, 0.15) is 0 Å².